The van der Waals surface area contributed by atoms with Crippen molar-refractivity contribution in [3.8, 4) is 0 Å². The topological polar surface area (TPSA) is 108 Å². The zero-order valence-corrected chi connectivity index (χ0v) is 14.2. The largest absolute Gasteiger partial charge is 0.380 e. The van der Waals surface area contributed by atoms with Crippen LogP contribution in [0.2, 0.25) is 0 Å². The Bertz CT molecular complexity index is 867. The van der Waals surface area contributed by atoms with Gasteiger partial charge < -0.3 is 10.5 Å². The van der Waals surface area contributed by atoms with Crippen molar-refractivity contribution in [2.24, 2.45) is 12.8 Å². The number of fused-ring (bicyclic) bond motifs is 1. The van der Waals surface area contributed by atoms with Crippen LogP contribution in [0.4, 0.5) is 0 Å². The number of carbonyl (C=O) groups is 2. The number of carbonyl (C=O) groups excluding carboxylic acids is 2. The molecule has 3 rings (SSSR count). The normalized spacial score (nSPS) is 17.9. The second kappa shape index (κ2) is 7.20. The van der Waals surface area contributed by atoms with Gasteiger partial charge in [-0.25, -0.2) is 4.79 Å². The summed E-state index contributed by atoms with van der Waals surface area (Å²) in [7, 11) is 1.68. The monoisotopic (exact) mass is 346 g/mol. The van der Waals surface area contributed by atoms with Crippen molar-refractivity contribution < 1.29 is 14.3 Å². The molecule has 1 aliphatic rings. The average molecular weight is 346 g/mol. The summed E-state index contributed by atoms with van der Waals surface area (Å²) < 4.78 is 8.40. The van der Waals surface area contributed by atoms with Gasteiger partial charge in [0.25, 0.3) is 0 Å². The molecule has 1 saturated heterocycles. The Labute approximate surface area is 144 Å². The summed E-state index contributed by atoms with van der Waals surface area (Å²) in [5.74, 6) is -0.723. The van der Waals surface area contributed by atoms with Crippen LogP contribution >= 0.6 is 0 Å². The molecule has 1 fully saturated rings. The highest BCUT2D eigenvalue weighted by Crippen LogP contribution is 2.23. The van der Waals surface area contributed by atoms with E-state index in [0.717, 1.165) is 11.1 Å². The van der Waals surface area contributed by atoms with Crippen molar-refractivity contribution in [3.63, 3.8) is 0 Å². The molecule has 2 aromatic rings. The highest BCUT2D eigenvalue weighted by Gasteiger charge is 2.31. The first-order chi connectivity index (χ1) is 12.0. The molecule has 0 spiro atoms. The van der Waals surface area contributed by atoms with E-state index in [0.29, 0.717) is 38.1 Å². The summed E-state index contributed by atoms with van der Waals surface area (Å²) in [6, 6.07) is 5.05. The van der Waals surface area contributed by atoms with E-state index in [-0.39, 0.29) is 18.0 Å². The van der Waals surface area contributed by atoms with E-state index in [1.54, 1.807) is 7.05 Å². The molecule has 0 radical (unpaired) electrons. The average Bonchev–Trinajstić information content (AvgIpc) is 2.83. The van der Waals surface area contributed by atoms with Gasteiger partial charge >= 0.3 is 5.69 Å². The van der Waals surface area contributed by atoms with Crippen LogP contribution in [0.25, 0.3) is 11.0 Å². The number of aromatic nitrogens is 2. The van der Waals surface area contributed by atoms with Crippen LogP contribution in [0.1, 0.15) is 24.4 Å². The molecule has 1 aromatic carbocycles. The number of amides is 2. The Kier molecular flexibility index (Phi) is 5.00. The minimum Gasteiger partial charge on any atom is -0.380 e. The van der Waals surface area contributed by atoms with Gasteiger partial charge in [0.05, 0.1) is 24.2 Å². The molecule has 0 bridgehead atoms. The lowest BCUT2D eigenvalue weighted by Gasteiger charge is -2.21. The number of piperidine rings is 1. The van der Waals surface area contributed by atoms with Crippen LogP contribution in [0, 0.1) is 0 Å². The van der Waals surface area contributed by atoms with Gasteiger partial charge in [-0.3, -0.25) is 24.0 Å². The number of aryl methyl sites for hydroxylation is 1. The third kappa shape index (κ3) is 3.35. The van der Waals surface area contributed by atoms with Crippen molar-refractivity contribution in [2.45, 2.75) is 25.3 Å². The molecular weight excluding hydrogens is 324 g/mol. The lowest BCUT2D eigenvalue weighted by atomic mass is 10.1. The maximum Gasteiger partial charge on any atom is 0.329 e. The zero-order valence-electron chi connectivity index (χ0n) is 14.2. The fourth-order valence-corrected chi connectivity index (χ4v) is 3.17. The second-order valence-electron chi connectivity index (χ2n) is 6.15. The predicted molar refractivity (Wildman–Crippen MR) is 92.2 cm³/mol. The minimum atomic E-state index is -0.660. The maximum atomic E-state index is 12.6. The van der Waals surface area contributed by atoms with Gasteiger partial charge in [0.1, 0.15) is 6.04 Å². The smallest absolute Gasteiger partial charge is 0.329 e. The lowest BCUT2D eigenvalue weighted by molar-refractivity contribution is -0.135. The molecule has 1 atom stereocenters. The number of rotatable bonds is 6. The van der Waals surface area contributed by atoms with Gasteiger partial charge in [0, 0.05) is 20.0 Å². The highest BCUT2D eigenvalue weighted by molar-refractivity contribution is 6.00. The first-order valence-electron chi connectivity index (χ1n) is 8.34. The predicted octanol–water partition coefficient (Wildman–Crippen LogP) is -0.164. The van der Waals surface area contributed by atoms with Crippen LogP contribution in [0.15, 0.2) is 23.0 Å². The molecule has 2 amide bonds. The van der Waals surface area contributed by atoms with Crippen LogP contribution in [0.5, 0.6) is 0 Å². The Morgan fingerprint density at radius 2 is 2.04 bits per heavy atom. The number of hydrogen-bond acceptors (Lipinski definition) is 5. The first-order valence-corrected chi connectivity index (χ1v) is 8.34. The van der Waals surface area contributed by atoms with Crippen LogP contribution < -0.4 is 16.7 Å². The summed E-state index contributed by atoms with van der Waals surface area (Å²) in [4.78, 5) is 36.2. The molecule has 3 N–H and O–H groups in total. The van der Waals surface area contributed by atoms with E-state index in [4.69, 9.17) is 10.5 Å². The molecule has 8 heteroatoms. The molecule has 134 valence electrons. The van der Waals surface area contributed by atoms with E-state index < -0.39 is 11.9 Å². The van der Waals surface area contributed by atoms with Crippen LogP contribution in [-0.2, 0) is 27.8 Å². The summed E-state index contributed by atoms with van der Waals surface area (Å²) in [5, 5.41) is 2.31. The number of imide groups is 1. The number of benzene rings is 1. The lowest BCUT2D eigenvalue weighted by Crippen LogP contribution is -2.44. The van der Waals surface area contributed by atoms with Crippen molar-refractivity contribution in [1.82, 2.24) is 14.5 Å². The molecule has 1 unspecified atom stereocenters. The van der Waals surface area contributed by atoms with Gasteiger partial charge in [0.2, 0.25) is 11.8 Å². The SMILES string of the molecule is Cn1c(=O)n(C2CCC(=O)NC2=O)c2ccc(CCOCCN)cc21. The minimum absolute atomic E-state index is 0.232. The fourth-order valence-electron chi connectivity index (χ4n) is 3.17. The molecule has 25 heavy (non-hydrogen) atoms. The van der Waals surface area contributed by atoms with Gasteiger partial charge in [-0.15, -0.1) is 0 Å². The van der Waals surface area contributed by atoms with E-state index in [9.17, 15) is 14.4 Å². The number of hydrogen-bond donors (Lipinski definition) is 2. The van der Waals surface area contributed by atoms with E-state index in [1.807, 2.05) is 18.2 Å². The van der Waals surface area contributed by atoms with Gasteiger partial charge in [-0.2, -0.15) is 0 Å². The fraction of sp³-hybridized carbons (Fsp3) is 0.471. The Morgan fingerprint density at radius 3 is 2.76 bits per heavy atom. The molecule has 2 heterocycles. The zero-order chi connectivity index (χ0) is 18.0. The van der Waals surface area contributed by atoms with E-state index >= 15 is 0 Å². The van der Waals surface area contributed by atoms with Gasteiger partial charge in [-0.1, -0.05) is 6.07 Å². The number of imidazole rings is 1. The third-order valence-electron chi connectivity index (χ3n) is 4.47. The molecule has 0 saturated carbocycles. The van der Waals surface area contributed by atoms with Crippen molar-refractivity contribution in [1.29, 1.82) is 0 Å². The van der Waals surface area contributed by atoms with E-state index in [2.05, 4.69) is 5.32 Å². The van der Waals surface area contributed by atoms with Crippen molar-refractivity contribution >= 4 is 22.8 Å². The van der Waals surface area contributed by atoms with Crippen LogP contribution in [-0.4, -0.2) is 40.7 Å². The number of nitrogens with one attached hydrogen (secondary N) is 1. The summed E-state index contributed by atoms with van der Waals surface area (Å²) >= 11 is 0. The highest BCUT2D eigenvalue weighted by atomic mass is 16.5. The number of nitrogens with two attached hydrogens (primary N) is 1. The van der Waals surface area contributed by atoms with E-state index in [1.165, 1.54) is 9.13 Å². The Morgan fingerprint density at radius 1 is 1.24 bits per heavy atom. The molecular formula is C17H22N4O4. The number of ether oxygens (including phenoxy) is 1. The standard InChI is InChI=1S/C17H22N4O4/c1-20-14-10-11(6-8-25-9-7-18)2-3-12(14)21(17(20)24)13-4-5-15(22)19-16(13)23/h2-3,10,13H,4-9,18H2,1H3,(H,19,22,23). The third-order valence-corrected chi connectivity index (χ3v) is 4.47. The molecule has 0 aliphatic carbocycles. The maximum absolute atomic E-state index is 12.6. The van der Waals surface area contributed by atoms with Crippen molar-refractivity contribution in [2.75, 3.05) is 19.8 Å². The quantitative estimate of drug-likeness (QED) is 0.558. The molecule has 1 aliphatic heterocycles. The Balaban J connectivity index is 1.93. The summed E-state index contributed by atoms with van der Waals surface area (Å²) in [6.07, 6.45) is 1.28. The second-order valence-corrected chi connectivity index (χ2v) is 6.15. The summed E-state index contributed by atoms with van der Waals surface area (Å²) in [5.41, 5.74) is 7.62. The van der Waals surface area contributed by atoms with Gasteiger partial charge in [0.15, 0.2) is 0 Å². The number of nitrogens with zero attached hydrogens (tertiary/aromatic N) is 2. The molecule has 8 nitrogen and oxygen atoms in total. The van der Waals surface area contributed by atoms with Crippen LogP contribution in [0.3, 0.4) is 0 Å². The summed E-state index contributed by atoms with van der Waals surface area (Å²) in [6.45, 7) is 1.57. The van der Waals surface area contributed by atoms with Gasteiger partial charge in [-0.05, 0) is 30.5 Å². The first kappa shape index (κ1) is 17.4. The Hall–Kier alpha value is -2.45. The molecule has 1 aromatic heterocycles. The van der Waals surface area contributed by atoms with Crippen molar-refractivity contribution in [3.05, 3.63) is 34.2 Å².